The zero-order chi connectivity index (χ0) is 16.4. The summed E-state index contributed by atoms with van der Waals surface area (Å²) >= 11 is 12.9. The fourth-order valence-electron chi connectivity index (χ4n) is 2.04. The maximum absolute atomic E-state index is 12.5. The largest absolute Gasteiger partial charge is 0.321 e. The van der Waals surface area contributed by atoms with Crippen molar-refractivity contribution in [3.63, 3.8) is 0 Å². The van der Waals surface area contributed by atoms with E-state index < -0.39 is 0 Å². The van der Waals surface area contributed by atoms with Crippen molar-refractivity contribution in [3.05, 3.63) is 63.0 Å². The average Bonchev–Trinajstić information content (AvgIpc) is 3.01. The van der Waals surface area contributed by atoms with Gasteiger partial charge in [-0.2, -0.15) is 0 Å². The SMILES string of the molecule is Cc1ccc(Cl)cc1NC(=O)c1snnc1-c1ccc(Cl)cc1. The Kier molecular flexibility index (Phi) is 4.61. The minimum Gasteiger partial charge on any atom is -0.321 e. The van der Waals surface area contributed by atoms with E-state index in [2.05, 4.69) is 14.9 Å². The first-order valence-electron chi connectivity index (χ1n) is 6.70. The summed E-state index contributed by atoms with van der Waals surface area (Å²) in [7, 11) is 0. The number of aryl methyl sites for hydroxylation is 1. The van der Waals surface area contributed by atoms with Gasteiger partial charge in [0.05, 0.1) is 0 Å². The number of carbonyl (C=O) groups is 1. The summed E-state index contributed by atoms with van der Waals surface area (Å²) in [5.74, 6) is -0.268. The number of nitrogens with zero attached hydrogens (tertiary/aromatic N) is 2. The molecule has 1 heterocycles. The average molecular weight is 364 g/mol. The number of halogens is 2. The molecule has 0 saturated carbocycles. The molecular formula is C16H11Cl2N3OS. The topological polar surface area (TPSA) is 54.9 Å². The van der Waals surface area contributed by atoms with Crippen LogP contribution in [0.3, 0.4) is 0 Å². The molecule has 3 rings (SSSR count). The van der Waals surface area contributed by atoms with E-state index in [-0.39, 0.29) is 5.91 Å². The van der Waals surface area contributed by atoms with E-state index in [1.807, 2.05) is 13.0 Å². The maximum atomic E-state index is 12.5. The maximum Gasteiger partial charge on any atom is 0.269 e. The Morgan fingerprint density at radius 2 is 1.78 bits per heavy atom. The number of anilines is 1. The van der Waals surface area contributed by atoms with Gasteiger partial charge in [0, 0.05) is 21.3 Å². The first-order valence-corrected chi connectivity index (χ1v) is 8.23. The van der Waals surface area contributed by atoms with Crippen molar-refractivity contribution in [2.45, 2.75) is 6.92 Å². The fraction of sp³-hybridized carbons (Fsp3) is 0.0625. The van der Waals surface area contributed by atoms with Crippen LogP contribution in [-0.4, -0.2) is 15.5 Å². The summed E-state index contributed by atoms with van der Waals surface area (Å²) in [5, 5.41) is 8.10. The van der Waals surface area contributed by atoms with Crippen LogP contribution in [0.25, 0.3) is 11.3 Å². The number of hydrogen-bond acceptors (Lipinski definition) is 4. The van der Waals surface area contributed by atoms with Gasteiger partial charge in [0.15, 0.2) is 0 Å². The predicted octanol–water partition coefficient (Wildman–Crippen LogP) is 5.07. The van der Waals surface area contributed by atoms with E-state index >= 15 is 0 Å². The summed E-state index contributed by atoms with van der Waals surface area (Å²) < 4.78 is 3.90. The molecule has 3 aromatic rings. The first kappa shape index (κ1) is 15.9. The normalized spacial score (nSPS) is 10.6. The lowest BCUT2D eigenvalue weighted by Crippen LogP contribution is -2.12. The van der Waals surface area contributed by atoms with Crippen molar-refractivity contribution in [1.82, 2.24) is 9.59 Å². The van der Waals surface area contributed by atoms with Crippen molar-refractivity contribution in [1.29, 1.82) is 0 Å². The summed E-state index contributed by atoms with van der Waals surface area (Å²) in [6.45, 7) is 1.90. The molecule has 0 atom stereocenters. The molecule has 0 bridgehead atoms. The number of aromatic nitrogens is 2. The van der Waals surface area contributed by atoms with Crippen LogP contribution >= 0.6 is 34.7 Å². The monoisotopic (exact) mass is 363 g/mol. The van der Waals surface area contributed by atoms with E-state index in [0.29, 0.717) is 26.3 Å². The van der Waals surface area contributed by atoms with Gasteiger partial charge in [-0.05, 0) is 48.3 Å². The molecule has 1 aromatic heterocycles. The Morgan fingerprint density at radius 3 is 2.52 bits per heavy atom. The Labute approximate surface area is 147 Å². The van der Waals surface area contributed by atoms with E-state index in [1.165, 1.54) is 0 Å². The Bertz CT molecular complexity index is 862. The minimum absolute atomic E-state index is 0.268. The predicted molar refractivity (Wildman–Crippen MR) is 94.5 cm³/mol. The fourth-order valence-corrected chi connectivity index (χ4v) is 2.93. The van der Waals surface area contributed by atoms with Crippen LogP contribution in [0, 0.1) is 6.92 Å². The second-order valence-electron chi connectivity index (χ2n) is 4.87. The lowest BCUT2D eigenvalue weighted by atomic mass is 10.1. The Balaban J connectivity index is 1.91. The van der Waals surface area contributed by atoms with E-state index in [0.717, 1.165) is 22.7 Å². The third-order valence-corrected chi connectivity index (χ3v) is 4.47. The molecule has 0 saturated heterocycles. The number of nitrogens with one attached hydrogen (secondary N) is 1. The summed E-state index contributed by atoms with van der Waals surface area (Å²) in [6, 6.07) is 12.5. The molecule has 0 aliphatic heterocycles. The smallest absolute Gasteiger partial charge is 0.269 e. The lowest BCUT2D eigenvalue weighted by Gasteiger charge is -2.08. The number of amides is 1. The van der Waals surface area contributed by atoms with Gasteiger partial charge in [0.2, 0.25) is 0 Å². The molecule has 1 N–H and O–H groups in total. The van der Waals surface area contributed by atoms with Crippen molar-refractivity contribution >= 4 is 46.3 Å². The highest BCUT2D eigenvalue weighted by Crippen LogP contribution is 2.27. The highest BCUT2D eigenvalue weighted by Gasteiger charge is 2.18. The van der Waals surface area contributed by atoms with Crippen LogP contribution in [0.4, 0.5) is 5.69 Å². The third-order valence-electron chi connectivity index (χ3n) is 3.26. The molecular weight excluding hydrogens is 353 g/mol. The molecule has 2 aromatic carbocycles. The molecule has 0 spiro atoms. The molecule has 7 heteroatoms. The van der Waals surface area contributed by atoms with Crippen molar-refractivity contribution < 1.29 is 4.79 Å². The van der Waals surface area contributed by atoms with E-state index in [1.54, 1.807) is 36.4 Å². The van der Waals surface area contributed by atoms with Crippen LogP contribution in [0.15, 0.2) is 42.5 Å². The quantitative estimate of drug-likeness (QED) is 0.706. The van der Waals surface area contributed by atoms with Gasteiger partial charge in [-0.1, -0.05) is 45.9 Å². The molecule has 0 aliphatic carbocycles. The van der Waals surface area contributed by atoms with Gasteiger partial charge in [-0.3, -0.25) is 4.79 Å². The van der Waals surface area contributed by atoms with Gasteiger partial charge >= 0.3 is 0 Å². The number of benzene rings is 2. The molecule has 0 aliphatic rings. The third kappa shape index (κ3) is 3.52. The summed E-state index contributed by atoms with van der Waals surface area (Å²) in [6.07, 6.45) is 0. The van der Waals surface area contributed by atoms with Gasteiger partial charge in [0.1, 0.15) is 10.6 Å². The second kappa shape index (κ2) is 6.66. The molecule has 116 valence electrons. The van der Waals surface area contributed by atoms with Crippen LogP contribution in [0.1, 0.15) is 15.2 Å². The standard InChI is InChI=1S/C16H11Cl2N3OS/c1-9-2-5-12(18)8-13(9)19-16(22)15-14(20-21-23-15)10-3-6-11(17)7-4-10/h2-8H,1H3,(H,19,22). The van der Waals surface area contributed by atoms with Crippen LogP contribution in [0.5, 0.6) is 0 Å². The summed E-state index contributed by atoms with van der Waals surface area (Å²) in [5.41, 5.74) is 2.91. The zero-order valence-corrected chi connectivity index (χ0v) is 14.3. The minimum atomic E-state index is -0.268. The lowest BCUT2D eigenvalue weighted by molar-refractivity contribution is 0.103. The molecule has 23 heavy (non-hydrogen) atoms. The number of carbonyl (C=O) groups excluding carboxylic acids is 1. The number of hydrogen-bond donors (Lipinski definition) is 1. The zero-order valence-electron chi connectivity index (χ0n) is 12.0. The molecule has 0 radical (unpaired) electrons. The molecule has 4 nitrogen and oxygen atoms in total. The van der Waals surface area contributed by atoms with Crippen molar-refractivity contribution in [3.8, 4) is 11.3 Å². The van der Waals surface area contributed by atoms with Gasteiger partial charge < -0.3 is 5.32 Å². The highest BCUT2D eigenvalue weighted by atomic mass is 35.5. The van der Waals surface area contributed by atoms with Crippen molar-refractivity contribution in [2.75, 3.05) is 5.32 Å². The Hall–Kier alpha value is -1.95. The second-order valence-corrected chi connectivity index (χ2v) is 6.50. The molecule has 0 fully saturated rings. The highest BCUT2D eigenvalue weighted by molar-refractivity contribution is 7.08. The van der Waals surface area contributed by atoms with E-state index in [9.17, 15) is 4.79 Å². The van der Waals surface area contributed by atoms with Gasteiger partial charge in [0.25, 0.3) is 5.91 Å². The first-order chi connectivity index (χ1) is 11.0. The number of rotatable bonds is 3. The van der Waals surface area contributed by atoms with Crippen molar-refractivity contribution in [2.24, 2.45) is 0 Å². The molecule has 1 amide bonds. The van der Waals surface area contributed by atoms with E-state index in [4.69, 9.17) is 23.2 Å². The van der Waals surface area contributed by atoms with Crippen LogP contribution in [-0.2, 0) is 0 Å². The van der Waals surface area contributed by atoms with Gasteiger partial charge in [-0.25, -0.2) is 0 Å². The molecule has 0 unspecified atom stereocenters. The summed E-state index contributed by atoms with van der Waals surface area (Å²) in [4.78, 5) is 13.0. The van der Waals surface area contributed by atoms with Crippen LogP contribution in [0.2, 0.25) is 10.0 Å². The van der Waals surface area contributed by atoms with Gasteiger partial charge in [-0.15, -0.1) is 5.10 Å². The Morgan fingerprint density at radius 1 is 1.09 bits per heavy atom. The van der Waals surface area contributed by atoms with Crippen LogP contribution < -0.4 is 5.32 Å².